The van der Waals surface area contributed by atoms with Gasteiger partial charge in [0.2, 0.25) is 0 Å². The van der Waals surface area contributed by atoms with Gasteiger partial charge >= 0.3 is 5.97 Å². The summed E-state index contributed by atoms with van der Waals surface area (Å²) in [6.07, 6.45) is 2.57. The van der Waals surface area contributed by atoms with Crippen molar-refractivity contribution in [3.63, 3.8) is 0 Å². The maximum atomic E-state index is 12.7. The molecule has 1 aromatic rings. The number of amides is 1. The first-order valence-corrected chi connectivity index (χ1v) is 7.01. The van der Waals surface area contributed by atoms with Crippen molar-refractivity contribution in [3.05, 3.63) is 34.9 Å². The highest BCUT2D eigenvalue weighted by molar-refractivity contribution is 5.98. The van der Waals surface area contributed by atoms with E-state index in [9.17, 15) is 9.59 Å². The standard InChI is InChI=1S/C16H21NO3/c1-11-7-6-8-13(12(11)2)15(18)17-10-5-4-9-14(17)16(19)20-3/h6-8,14H,4-5,9-10H2,1-3H3. The largest absolute Gasteiger partial charge is 0.467 e. The average molecular weight is 275 g/mol. The lowest BCUT2D eigenvalue weighted by molar-refractivity contribution is -0.147. The Bertz CT molecular complexity index is 524. The van der Waals surface area contributed by atoms with Crippen molar-refractivity contribution < 1.29 is 14.3 Å². The first kappa shape index (κ1) is 14.6. The van der Waals surface area contributed by atoms with Gasteiger partial charge in [-0.1, -0.05) is 12.1 Å². The van der Waals surface area contributed by atoms with Crippen LogP contribution in [0.15, 0.2) is 18.2 Å². The van der Waals surface area contributed by atoms with Crippen molar-refractivity contribution in [2.75, 3.05) is 13.7 Å². The average Bonchev–Trinajstić information content (AvgIpc) is 2.48. The lowest BCUT2D eigenvalue weighted by Crippen LogP contribution is -2.48. The van der Waals surface area contributed by atoms with Gasteiger partial charge in [-0.25, -0.2) is 4.79 Å². The van der Waals surface area contributed by atoms with E-state index in [-0.39, 0.29) is 11.9 Å². The number of hydrogen-bond donors (Lipinski definition) is 0. The number of rotatable bonds is 2. The highest BCUT2D eigenvalue weighted by Gasteiger charge is 2.33. The van der Waals surface area contributed by atoms with E-state index in [2.05, 4.69) is 0 Å². The number of nitrogens with zero attached hydrogens (tertiary/aromatic N) is 1. The molecule has 0 saturated carbocycles. The van der Waals surface area contributed by atoms with Crippen LogP contribution in [0.1, 0.15) is 40.7 Å². The summed E-state index contributed by atoms with van der Waals surface area (Å²) in [5, 5.41) is 0. The van der Waals surface area contributed by atoms with Gasteiger partial charge < -0.3 is 9.64 Å². The van der Waals surface area contributed by atoms with Gasteiger partial charge in [-0.3, -0.25) is 4.79 Å². The molecule has 0 radical (unpaired) electrons. The fraction of sp³-hybridized carbons (Fsp3) is 0.500. The smallest absolute Gasteiger partial charge is 0.328 e. The van der Waals surface area contributed by atoms with Crippen molar-refractivity contribution in [1.82, 2.24) is 4.90 Å². The van der Waals surface area contributed by atoms with E-state index >= 15 is 0 Å². The van der Waals surface area contributed by atoms with Crippen LogP contribution < -0.4 is 0 Å². The summed E-state index contributed by atoms with van der Waals surface area (Å²) in [6, 6.07) is 5.25. The topological polar surface area (TPSA) is 46.6 Å². The van der Waals surface area contributed by atoms with E-state index in [1.807, 2.05) is 32.0 Å². The van der Waals surface area contributed by atoms with Crippen LogP contribution in [0.3, 0.4) is 0 Å². The zero-order valence-corrected chi connectivity index (χ0v) is 12.3. The van der Waals surface area contributed by atoms with Gasteiger partial charge in [-0.2, -0.15) is 0 Å². The van der Waals surface area contributed by atoms with Crippen LogP contribution in [0.4, 0.5) is 0 Å². The van der Waals surface area contributed by atoms with Gasteiger partial charge in [0, 0.05) is 12.1 Å². The molecule has 1 amide bonds. The van der Waals surface area contributed by atoms with E-state index in [0.717, 1.165) is 24.0 Å². The van der Waals surface area contributed by atoms with Crippen molar-refractivity contribution in [1.29, 1.82) is 0 Å². The van der Waals surface area contributed by atoms with Gasteiger partial charge in [0.15, 0.2) is 0 Å². The number of ether oxygens (including phenoxy) is 1. The summed E-state index contributed by atoms with van der Waals surface area (Å²) >= 11 is 0. The molecule has 2 rings (SSSR count). The quantitative estimate of drug-likeness (QED) is 0.779. The SMILES string of the molecule is COC(=O)C1CCCCN1C(=O)c1cccc(C)c1C. The minimum absolute atomic E-state index is 0.0682. The molecule has 1 saturated heterocycles. The molecule has 1 unspecified atom stereocenters. The molecule has 1 aliphatic rings. The number of likely N-dealkylation sites (tertiary alicyclic amines) is 1. The molecular weight excluding hydrogens is 254 g/mol. The molecule has 4 nitrogen and oxygen atoms in total. The molecule has 0 N–H and O–H groups in total. The minimum Gasteiger partial charge on any atom is -0.467 e. The summed E-state index contributed by atoms with van der Waals surface area (Å²) in [7, 11) is 1.37. The van der Waals surface area contributed by atoms with Crippen LogP contribution in [0.25, 0.3) is 0 Å². The van der Waals surface area contributed by atoms with E-state index in [0.29, 0.717) is 18.5 Å². The first-order chi connectivity index (χ1) is 9.56. The van der Waals surface area contributed by atoms with E-state index < -0.39 is 6.04 Å². The molecule has 108 valence electrons. The molecule has 1 fully saturated rings. The maximum Gasteiger partial charge on any atom is 0.328 e. The molecule has 1 aromatic carbocycles. The zero-order valence-electron chi connectivity index (χ0n) is 12.3. The molecular formula is C16H21NO3. The molecule has 20 heavy (non-hydrogen) atoms. The molecule has 0 spiro atoms. The normalized spacial score (nSPS) is 18.8. The van der Waals surface area contributed by atoms with Gasteiger partial charge in [0.1, 0.15) is 6.04 Å². The fourth-order valence-electron chi connectivity index (χ4n) is 2.69. The molecule has 1 aliphatic heterocycles. The Morgan fingerprint density at radius 3 is 2.70 bits per heavy atom. The van der Waals surface area contributed by atoms with Gasteiger partial charge in [0.25, 0.3) is 5.91 Å². The molecule has 0 aromatic heterocycles. The van der Waals surface area contributed by atoms with Gasteiger partial charge in [-0.05, 0) is 50.3 Å². The molecule has 0 aliphatic carbocycles. The third-order valence-electron chi connectivity index (χ3n) is 4.07. The number of hydrogen-bond acceptors (Lipinski definition) is 3. The second-order valence-electron chi connectivity index (χ2n) is 5.28. The first-order valence-electron chi connectivity index (χ1n) is 7.01. The number of benzene rings is 1. The van der Waals surface area contributed by atoms with E-state index in [1.165, 1.54) is 7.11 Å². The highest BCUT2D eigenvalue weighted by atomic mass is 16.5. The second kappa shape index (κ2) is 6.07. The Hall–Kier alpha value is -1.84. The van der Waals surface area contributed by atoms with E-state index in [4.69, 9.17) is 4.74 Å². The lowest BCUT2D eigenvalue weighted by Gasteiger charge is -2.34. The van der Waals surface area contributed by atoms with Gasteiger partial charge in [-0.15, -0.1) is 0 Å². The van der Waals surface area contributed by atoms with Gasteiger partial charge in [0.05, 0.1) is 7.11 Å². The summed E-state index contributed by atoms with van der Waals surface area (Å²) in [5.41, 5.74) is 2.75. The van der Waals surface area contributed by atoms with Crippen LogP contribution in [-0.4, -0.2) is 36.5 Å². The lowest BCUT2D eigenvalue weighted by atomic mass is 9.98. The minimum atomic E-state index is -0.443. The van der Waals surface area contributed by atoms with Crippen molar-refractivity contribution >= 4 is 11.9 Å². The van der Waals surface area contributed by atoms with Crippen LogP contribution in [0.2, 0.25) is 0 Å². The number of aryl methyl sites for hydroxylation is 1. The number of carbonyl (C=O) groups excluding carboxylic acids is 2. The van der Waals surface area contributed by atoms with Crippen molar-refractivity contribution in [3.8, 4) is 0 Å². The fourth-order valence-corrected chi connectivity index (χ4v) is 2.69. The van der Waals surface area contributed by atoms with Crippen LogP contribution in [0.5, 0.6) is 0 Å². The summed E-state index contributed by atoms with van der Waals surface area (Å²) in [4.78, 5) is 26.2. The Labute approximate surface area is 119 Å². The van der Waals surface area contributed by atoms with Crippen LogP contribution in [-0.2, 0) is 9.53 Å². The summed E-state index contributed by atoms with van der Waals surface area (Å²) in [6.45, 7) is 4.55. The summed E-state index contributed by atoms with van der Waals surface area (Å²) in [5.74, 6) is -0.385. The van der Waals surface area contributed by atoms with Crippen LogP contribution in [0, 0.1) is 13.8 Å². The van der Waals surface area contributed by atoms with Crippen LogP contribution >= 0.6 is 0 Å². The molecule has 1 atom stereocenters. The molecule has 4 heteroatoms. The Balaban J connectivity index is 2.30. The Kier molecular flexibility index (Phi) is 4.42. The monoisotopic (exact) mass is 275 g/mol. The second-order valence-corrected chi connectivity index (χ2v) is 5.28. The highest BCUT2D eigenvalue weighted by Crippen LogP contribution is 2.23. The zero-order chi connectivity index (χ0) is 14.7. The third kappa shape index (κ3) is 2.69. The molecule has 0 bridgehead atoms. The summed E-state index contributed by atoms with van der Waals surface area (Å²) < 4.78 is 4.83. The third-order valence-corrected chi connectivity index (χ3v) is 4.07. The molecule has 1 heterocycles. The van der Waals surface area contributed by atoms with Crippen molar-refractivity contribution in [2.24, 2.45) is 0 Å². The Morgan fingerprint density at radius 1 is 1.25 bits per heavy atom. The number of methoxy groups -OCH3 is 1. The van der Waals surface area contributed by atoms with E-state index in [1.54, 1.807) is 4.90 Å². The predicted molar refractivity (Wildman–Crippen MR) is 76.6 cm³/mol. The number of esters is 1. The predicted octanol–water partition coefficient (Wildman–Crippen LogP) is 2.47. The van der Waals surface area contributed by atoms with Crippen molar-refractivity contribution in [2.45, 2.75) is 39.2 Å². The number of piperidine rings is 1. The Morgan fingerprint density at radius 2 is 2.00 bits per heavy atom. The number of carbonyl (C=O) groups is 2. The maximum absolute atomic E-state index is 12.7.